The Bertz CT molecular complexity index is 293. The Morgan fingerprint density at radius 2 is 2.27 bits per heavy atom. The van der Waals surface area contributed by atoms with Crippen LogP contribution in [0.1, 0.15) is 45.4 Å². The Morgan fingerprint density at radius 3 is 2.93 bits per heavy atom. The van der Waals surface area contributed by atoms with Crippen molar-refractivity contribution in [3.63, 3.8) is 0 Å². The number of hydrogen-bond donors (Lipinski definition) is 0. The van der Waals surface area contributed by atoms with E-state index in [-0.39, 0.29) is 0 Å². The molecule has 2 unspecified atom stereocenters. The van der Waals surface area contributed by atoms with Crippen molar-refractivity contribution in [3.8, 4) is 0 Å². The minimum atomic E-state index is 0.385. The normalized spacial score (nSPS) is 30.1. The molecule has 0 radical (unpaired) electrons. The Balaban J connectivity index is 2.12. The topological polar surface area (TPSA) is 17.1 Å². The van der Waals surface area contributed by atoms with Crippen molar-refractivity contribution in [2.45, 2.75) is 51.3 Å². The summed E-state index contributed by atoms with van der Waals surface area (Å²) in [6.45, 7) is 2.25. The standard InChI is InChI=1S/C13H20OSe/c1-3-4-6-10-9-7-5-8-11(14)12(9)13(10)15-2/h9,12H,3-8H2,1-2H3. The van der Waals surface area contributed by atoms with Crippen LogP contribution in [0.3, 0.4) is 0 Å². The summed E-state index contributed by atoms with van der Waals surface area (Å²) >= 11 is 0.567. The molecule has 84 valence electrons. The molecular weight excluding hydrogens is 251 g/mol. The summed E-state index contributed by atoms with van der Waals surface area (Å²) in [7, 11) is 0. The fourth-order valence-corrected chi connectivity index (χ4v) is 5.20. The van der Waals surface area contributed by atoms with E-state index < -0.39 is 0 Å². The van der Waals surface area contributed by atoms with Crippen LogP contribution in [0.25, 0.3) is 0 Å². The number of rotatable bonds is 4. The zero-order valence-corrected chi connectivity index (χ0v) is 11.4. The first-order chi connectivity index (χ1) is 7.29. The number of hydrogen-bond acceptors (Lipinski definition) is 1. The first-order valence-corrected chi connectivity index (χ1v) is 8.66. The van der Waals surface area contributed by atoms with Crippen molar-refractivity contribution in [1.29, 1.82) is 0 Å². The number of carbonyl (C=O) groups excluding carboxylic acids is 1. The van der Waals surface area contributed by atoms with E-state index in [0.717, 1.165) is 12.8 Å². The van der Waals surface area contributed by atoms with Gasteiger partial charge >= 0.3 is 98.7 Å². The van der Waals surface area contributed by atoms with E-state index in [0.29, 0.717) is 32.6 Å². The van der Waals surface area contributed by atoms with Gasteiger partial charge in [0, 0.05) is 0 Å². The molecule has 15 heavy (non-hydrogen) atoms. The average Bonchev–Trinajstić information content (AvgIpc) is 2.21. The van der Waals surface area contributed by atoms with E-state index in [2.05, 4.69) is 12.7 Å². The van der Waals surface area contributed by atoms with Gasteiger partial charge in [-0.3, -0.25) is 0 Å². The van der Waals surface area contributed by atoms with Gasteiger partial charge in [-0.1, -0.05) is 0 Å². The minimum absolute atomic E-state index is 0.385. The summed E-state index contributed by atoms with van der Waals surface area (Å²) in [6.07, 6.45) is 7.14. The molecule has 0 aromatic heterocycles. The molecule has 0 amide bonds. The van der Waals surface area contributed by atoms with Crippen LogP contribution < -0.4 is 0 Å². The number of carbonyl (C=O) groups is 1. The van der Waals surface area contributed by atoms with Gasteiger partial charge in [0.1, 0.15) is 0 Å². The molecule has 0 aliphatic heterocycles. The molecule has 2 atom stereocenters. The molecule has 2 heteroatoms. The van der Waals surface area contributed by atoms with Crippen molar-refractivity contribution >= 4 is 20.7 Å². The number of unbranched alkanes of at least 4 members (excludes halogenated alkanes) is 1. The van der Waals surface area contributed by atoms with Crippen LogP contribution in [0.2, 0.25) is 5.82 Å². The molecule has 2 aliphatic rings. The van der Waals surface area contributed by atoms with Gasteiger partial charge in [0.05, 0.1) is 0 Å². The van der Waals surface area contributed by atoms with E-state index in [4.69, 9.17) is 0 Å². The van der Waals surface area contributed by atoms with Crippen LogP contribution in [0.15, 0.2) is 10.0 Å². The SMILES string of the molecule is CCCCC1=C([Se]C)C2C(=O)CCCC12. The van der Waals surface area contributed by atoms with Gasteiger partial charge in [-0.25, -0.2) is 0 Å². The van der Waals surface area contributed by atoms with Crippen LogP contribution in [-0.2, 0) is 4.79 Å². The van der Waals surface area contributed by atoms with Gasteiger partial charge in [0.25, 0.3) is 0 Å². The zero-order chi connectivity index (χ0) is 10.8. The molecule has 0 spiro atoms. The summed E-state index contributed by atoms with van der Waals surface area (Å²) in [5, 5.41) is 0. The van der Waals surface area contributed by atoms with Crippen molar-refractivity contribution < 1.29 is 4.79 Å². The van der Waals surface area contributed by atoms with Gasteiger partial charge in [-0.05, 0) is 0 Å². The third-order valence-corrected chi connectivity index (χ3v) is 5.76. The van der Waals surface area contributed by atoms with Gasteiger partial charge in [-0.2, -0.15) is 0 Å². The second-order valence-corrected chi connectivity index (χ2v) is 6.42. The molecule has 0 saturated heterocycles. The van der Waals surface area contributed by atoms with E-state index >= 15 is 0 Å². The maximum atomic E-state index is 11.8. The summed E-state index contributed by atoms with van der Waals surface area (Å²) in [5.41, 5.74) is 1.69. The van der Waals surface area contributed by atoms with Crippen molar-refractivity contribution in [1.82, 2.24) is 0 Å². The fraction of sp³-hybridized carbons (Fsp3) is 0.769. The van der Waals surface area contributed by atoms with Gasteiger partial charge in [0.15, 0.2) is 0 Å². The first kappa shape index (κ1) is 11.4. The molecule has 2 rings (SSSR count). The van der Waals surface area contributed by atoms with Gasteiger partial charge in [-0.15, -0.1) is 0 Å². The molecular formula is C13H20OSe. The predicted molar refractivity (Wildman–Crippen MR) is 64.0 cm³/mol. The third-order valence-electron chi connectivity index (χ3n) is 3.75. The number of ketones is 1. The Morgan fingerprint density at radius 1 is 1.47 bits per heavy atom. The molecule has 1 nitrogen and oxygen atoms in total. The summed E-state index contributed by atoms with van der Waals surface area (Å²) in [5.74, 6) is 3.88. The molecule has 0 heterocycles. The molecule has 1 fully saturated rings. The maximum absolute atomic E-state index is 11.8. The molecule has 0 aromatic carbocycles. The second kappa shape index (κ2) is 4.84. The fourth-order valence-electron chi connectivity index (χ4n) is 2.97. The van der Waals surface area contributed by atoms with Crippen LogP contribution in [0.4, 0.5) is 0 Å². The average molecular weight is 271 g/mol. The predicted octanol–water partition coefficient (Wildman–Crippen LogP) is 3.18. The van der Waals surface area contributed by atoms with Crippen molar-refractivity contribution in [2.24, 2.45) is 11.8 Å². The monoisotopic (exact) mass is 272 g/mol. The third kappa shape index (κ3) is 1.94. The van der Waals surface area contributed by atoms with Crippen LogP contribution in [-0.4, -0.2) is 20.7 Å². The number of allylic oxidation sites excluding steroid dienone is 2. The number of Topliss-reactive ketones (excluding diaryl/α,β-unsaturated/α-hetero) is 1. The second-order valence-electron chi connectivity index (χ2n) is 4.64. The van der Waals surface area contributed by atoms with Crippen LogP contribution in [0, 0.1) is 11.8 Å². The van der Waals surface area contributed by atoms with E-state index in [1.165, 1.54) is 25.7 Å². The first-order valence-electron chi connectivity index (χ1n) is 6.09. The summed E-state index contributed by atoms with van der Waals surface area (Å²) in [6, 6.07) is 0. The van der Waals surface area contributed by atoms with E-state index in [1.54, 1.807) is 10.0 Å². The van der Waals surface area contributed by atoms with Crippen LogP contribution in [0.5, 0.6) is 0 Å². The Hall–Kier alpha value is -0.0705. The molecule has 2 aliphatic carbocycles. The van der Waals surface area contributed by atoms with Crippen LogP contribution >= 0.6 is 0 Å². The van der Waals surface area contributed by atoms with Gasteiger partial charge in [0.2, 0.25) is 0 Å². The molecule has 0 N–H and O–H groups in total. The zero-order valence-electron chi connectivity index (χ0n) is 9.71. The Labute approximate surface area is 98.9 Å². The molecule has 0 aromatic rings. The molecule has 0 bridgehead atoms. The number of fused-ring (bicyclic) bond motifs is 1. The molecule has 1 saturated carbocycles. The summed E-state index contributed by atoms with van der Waals surface area (Å²) in [4.78, 5) is 11.8. The quantitative estimate of drug-likeness (QED) is 0.718. The van der Waals surface area contributed by atoms with Crippen molar-refractivity contribution in [2.75, 3.05) is 0 Å². The van der Waals surface area contributed by atoms with Gasteiger partial charge < -0.3 is 0 Å². The van der Waals surface area contributed by atoms with E-state index in [9.17, 15) is 4.79 Å². The van der Waals surface area contributed by atoms with E-state index in [1.807, 2.05) is 0 Å². The summed E-state index contributed by atoms with van der Waals surface area (Å²) < 4.78 is 1.57. The van der Waals surface area contributed by atoms with Crippen molar-refractivity contribution in [3.05, 3.63) is 10.0 Å². The Kier molecular flexibility index (Phi) is 3.69.